The number of nitrogens with one attached hydrogen (secondary N) is 1. The molecule has 0 spiro atoms. The highest BCUT2D eigenvalue weighted by atomic mass is 127. The molecule has 2 rings (SSSR count). The van der Waals surface area contributed by atoms with E-state index in [1.807, 2.05) is 58.0 Å². The van der Waals surface area contributed by atoms with Crippen LogP contribution in [0.15, 0.2) is 36.4 Å². The molecule has 1 amide bonds. The first-order chi connectivity index (χ1) is 12.5. The minimum Gasteiger partial charge on any atom is -0.324 e. The van der Waals surface area contributed by atoms with Gasteiger partial charge in [-0.1, -0.05) is 13.0 Å². The molecule has 27 heavy (non-hydrogen) atoms. The molecular formula is C20H25IN2O3S. The highest BCUT2D eigenvalue weighted by molar-refractivity contribution is 14.1. The van der Waals surface area contributed by atoms with E-state index < -0.39 is 16.1 Å². The van der Waals surface area contributed by atoms with Gasteiger partial charge in [0, 0.05) is 9.26 Å². The number of anilines is 2. The van der Waals surface area contributed by atoms with Crippen molar-refractivity contribution < 1.29 is 13.2 Å². The van der Waals surface area contributed by atoms with Crippen molar-refractivity contribution in [3.63, 3.8) is 0 Å². The molecule has 0 saturated carbocycles. The number of carbonyl (C=O) groups is 1. The lowest BCUT2D eigenvalue weighted by Crippen LogP contribution is -2.47. The Morgan fingerprint density at radius 3 is 2.26 bits per heavy atom. The van der Waals surface area contributed by atoms with E-state index in [0.29, 0.717) is 17.8 Å². The van der Waals surface area contributed by atoms with Crippen LogP contribution >= 0.6 is 22.6 Å². The third-order valence-electron chi connectivity index (χ3n) is 4.52. The maximum atomic E-state index is 13.0. The zero-order valence-corrected chi connectivity index (χ0v) is 19.2. The van der Waals surface area contributed by atoms with Gasteiger partial charge in [-0.3, -0.25) is 9.10 Å². The number of halogens is 1. The molecule has 2 aromatic carbocycles. The topological polar surface area (TPSA) is 66.5 Å². The third-order valence-corrected chi connectivity index (χ3v) is 6.37. The Morgan fingerprint density at radius 1 is 1.07 bits per heavy atom. The minimum absolute atomic E-state index is 0.342. The SMILES string of the molecule is CC[C@@H](C(=O)Nc1ccc(I)cc1C)N(c1ccc(C)c(C)c1)S(C)(=O)=O. The Morgan fingerprint density at radius 2 is 1.74 bits per heavy atom. The summed E-state index contributed by atoms with van der Waals surface area (Å²) in [6.45, 7) is 7.61. The number of benzene rings is 2. The molecule has 0 radical (unpaired) electrons. The molecule has 0 aliphatic carbocycles. The molecule has 1 atom stereocenters. The predicted octanol–water partition coefficient (Wildman–Crippen LogP) is 4.40. The molecule has 7 heteroatoms. The fraction of sp³-hybridized carbons (Fsp3) is 0.350. The fourth-order valence-corrected chi connectivity index (χ4v) is 4.76. The lowest BCUT2D eigenvalue weighted by Gasteiger charge is -2.30. The van der Waals surface area contributed by atoms with Crippen LogP contribution in [-0.2, 0) is 14.8 Å². The van der Waals surface area contributed by atoms with Crippen molar-refractivity contribution in [1.29, 1.82) is 0 Å². The highest BCUT2D eigenvalue weighted by Crippen LogP contribution is 2.26. The molecule has 0 fully saturated rings. The Balaban J connectivity index is 2.42. The summed E-state index contributed by atoms with van der Waals surface area (Å²) in [5, 5.41) is 2.89. The van der Waals surface area contributed by atoms with E-state index in [0.717, 1.165) is 26.5 Å². The van der Waals surface area contributed by atoms with Gasteiger partial charge >= 0.3 is 0 Å². The van der Waals surface area contributed by atoms with E-state index in [2.05, 4.69) is 27.9 Å². The van der Waals surface area contributed by atoms with Crippen LogP contribution < -0.4 is 9.62 Å². The Kier molecular flexibility index (Phi) is 6.91. The van der Waals surface area contributed by atoms with Crippen LogP contribution in [0.4, 0.5) is 11.4 Å². The molecular weight excluding hydrogens is 475 g/mol. The first-order valence-corrected chi connectivity index (χ1v) is 11.6. The lowest BCUT2D eigenvalue weighted by atomic mass is 10.1. The van der Waals surface area contributed by atoms with E-state index in [4.69, 9.17) is 0 Å². The Hall–Kier alpha value is -1.61. The Labute approximate surface area is 175 Å². The normalized spacial score (nSPS) is 12.5. The maximum absolute atomic E-state index is 13.0. The van der Waals surface area contributed by atoms with Crippen LogP contribution in [0, 0.1) is 24.3 Å². The highest BCUT2D eigenvalue weighted by Gasteiger charge is 2.31. The van der Waals surface area contributed by atoms with Gasteiger partial charge in [0.05, 0.1) is 11.9 Å². The van der Waals surface area contributed by atoms with Gasteiger partial charge < -0.3 is 5.32 Å². The second-order valence-corrected chi connectivity index (χ2v) is 9.80. The average Bonchev–Trinajstić information content (AvgIpc) is 2.56. The summed E-state index contributed by atoms with van der Waals surface area (Å²) >= 11 is 2.21. The van der Waals surface area contributed by atoms with Gasteiger partial charge in [0.1, 0.15) is 6.04 Å². The van der Waals surface area contributed by atoms with Gasteiger partial charge in [0.2, 0.25) is 15.9 Å². The molecule has 0 aliphatic rings. The summed E-state index contributed by atoms with van der Waals surface area (Å²) in [6, 6.07) is 10.3. The van der Waals surface area contributed by atoms with Crippen LogP contribution in [0.5, 0.6) is 0 Å². The second kappa shape index (κ2) is 8.60. The van der Waals surface area contributed by atoms with Crippen molar-refractivity contribution in [2.45, 2.75) is 40.2 Å². The average molecular weight is 500 g/mol. The Bertz CT molecular complexity index is 958. The van der Waals surface area contributed by atoms with E-state index >= 15 is 0 Å². The largest absolute Gasteiger partial charge is 0.324 e. The number of amides is 1. The zero-order chi connectivity index (χ0) is 20.4. The van der Waals surface area contributed by atoms with Crippen molar-refractivity contribution in [2.75, 3.05) is 15.9 Å². The minimum atomic E-state index is -3.64. The van der Waals surface area contributed by atoms with Crippen molar-refractivity contribution in [2.24, 2.45) is 0 Å². The van der Waals surface area contributed by atoms with Crippen LogP contribution in [0.1, 0.15) is 30.0 Å². The van der Waals surface area contributed by atoms with E-state index in [1.165, 1.54) is 4.31 Å². The van der Waals surface area contributed by atoms with Crippen LogP contribution in [0.25, 0.3) is 0 Å². The first kappa shape index (κ1) is 21.7. The number of sulfonamides is 1. The standard InChI is InChI=1S/C20H25IN2O3S/c1-6-19(20(24)22-18-10-8-16(21)11-15(18)4)23(27(5,25)26)17-9-7-13(2)14(3)12-17/h7-12,19H,6H2,1-5H3,(H,22,24)/t19-/m0/s1. The number of rotatable bonds is 6. The number of aryl methyl sites for hydroxylation is 3. The zero-order valence-electron chi connectivity index (χ0n) is 16.2. The maximum Gasteiger partial charge on any atom is 0.248 e. The summed E-state index contributed by atoms with van der Waals surface area (Å²) in [4.78, 5) is 13.0. The quantitative estimate of drug-likeness (QED) is 0.599. The summed E-state index contributed by atoms with van der Waals surface area (Å²) < 4.78 is 27.4. The van der Waals surface area contributed by atoms with E-state index in [9.17, 15) is 13.2 Å². The summed E-state index contributed by atoms with van der Waals surface area (Å²) in [5.74, 6) is -0.342. The van der Waals surface area contributed by atoms with E-state index in [-0.39, 0.29) is 5.91 Å². The molecule has 1 N–H and O–H groups in total. The molecule has 0 heterocycles. The van der Waals surface area contributed by atoms with Crippen molar-refractivity contribution in [3.05, 3.63) is 56.7 Å². The predicted molar refractivity (Wildman–Crippen MR) is 120 cm³/mol. The van der Waals surface area contributed by atoms with Gasteiger partial charge in [-0.15, -0.1) is 0 Å². The number of nitrogens with zero attached hydrogens (tertiary/aromatic N) is 1. The van der Waals surface area contributed by atoms with Gasteiger partial charge in [0.15, 0.2) is 0 Å². The molecule has 0 aromatic heterocycles. The van der Waals surface area contributed by atoms with Gasteiger partial charge in [-0.05, 0) is 96.8 Å². The number of hydrogen-bond acceptors (Lipinski definition) is 3. The lowest BCUT2D eigenvalue weighted by molar-refractivity contribution is -0.117. The summed E-state index contributed by atoms with van der Waals surface area (Å²) in [5.41, 5.74) is 4.17. The molecule has 146 valence electrons. The summed E-state index contributed by atoms with van der Waals surface area (Å²) in [6.07, 6.45) is 1.49. The van der Waals surface area contributed by atoms with Crippen LogP contribution in [-0.4, -0.2) is 26.6 Å². The van der Waals surface area contributed by atoms with E-state index in [1.54, 1.807) is 6.07 Å². The molecule has 0 saturated heterocycles. The molecule has 0 bridgehead atoms. The molecule has 0 unspecified atom stereocenters. The van der Waals surface area contributed by atoms with Crippen molar-refractivity contribution in [3.8, 4) is 0 Å². The molecule has 2 aromatic rings. The number of carbonyl (C=O) groups excluding carboxylic acids is 1. The van der Waals surface area contributed by atoms with Crippen LogP contribution in [0.2, 0.25) is 0 Å². The van der Waals surface area contributed by atoms with Crippen molar-refractivity contribution in [1.82, 2.24) is 0 Å². The monoisotopic (exact) mass is 500 g/mol. The second-order valence-electron chi connectivity index (χ2n) is 6.70. The van der Waals surface area contributed by atoms with Gasteiger partial charge in [0.25, 0.3) is 0 Å². The first-order valence-electron chi connectivity index (χ1n) is 8.68. The fourth-order valence-electron chi connectivity index (χ4n) is 2.91. The number of hydrogen-bond donors (Lipinski definition) is 1. The molecule has 5 nitrogen and oxygen atoms in total. The third kappa shape index (κ3) is 5.22. The smallest absolute Gasteiger partial charge is 0.248 e. The molecule has 0 aliphatic heterocycles. The van der Waals surface area contributed by atoms with Crippen LogP contribution in [0.3, 0.4) is 0 Å². The van der Waals surface area contributed by atoms with Crippen molar-refractivity contribution >= 4 is 49.9 Å². The van der Waals surface area contributed by atoms with Gasteiger partial charge in [-0.2, -0.15) is 0 Å². The van der Waals surface area contributed by atoms with Gasteiger partial charge in [-0.25, -0.2) is 8.42 Å². The summed E-state index contributed by atoms with van der Waals surface area (Å²) in [7, 11) is -3.64.